The van der Waals surface area contributed by atoms with Crippen LogP contribution in [0, 0.1) is 5.92 Å². The molecule has 2 aliphatic heterocycles. The maximum absolute atomic E-state index is 3.65. The molecule has 2 heteroatoms. The monoisotopic (exact) mass is 210 g/mol. The molecule has 2 rings (SSSR count). The highest BCUT2D eigenvalue weighted by molar-refractivity contribution is 4.88. The molecule has 0 aromatic carbocycles. The summed E-state index contributed by atoms with van der Waals surface area (Å²) in [5, 5.41) is 3.65. The van der Waals surface area contributed by atoms with E-state index in [2.05, 4.69) is 31.0 Å². The van der Waals surface area contributed by atoms with Crippen molar-refractivity contribution in [2.75, 3.05) is 13.1 Å². The van der Waals surface area contributed by atoms with Gasteiger partial charge in [0.2, 0.25) is 0 Å². The second-order valence-electron chi connectivity index (χ2n) is 5.65. The lowest BCUT2D eigenvalue weighted by Crippen LogP contribution is -2.50. The highest BCUT2D eigenvalue weighted by Gasteiger charge is 2.30. The van der Waals surface area contributed by atoms with Crippen LogP contribution in [-0.2, 0) is 0 Å². The normalized spacial score (nSPS) is 43.4. The van der Waals surface area contributed by atoms with E-state index in [0.29, 0.717) is 0 Å². The lowest BCUT2D eigenvalue weighted by atomic mass is 9.95. The molecule has 0 aliphatic carbocycles. The van der Waals surface area contributed by atoms with E-state index in [0.717, 1.165) is 24.0 Å². The average Bonchev–Trinajstić information content (AvgIpc) is 2.58. The van der Waals surface area contributed by atoms with Crippen molar-refractivity contribution in [1.82, 2.24) is 10.2 Å². The second-order valence-corrected chi connectivity index (χ2v) is 5.65. The summed E-state index contributed by atoms with van der Waals surface area (Å²) in [7, 11) is 0. The van der Waals surface area contributed by atoms with E-state index in [1.807, 2.05) is 0 Å². The lowest BCUT2D eigenvalue weighted by Gasteiger charge is -2.41. The fraction of sp³-hybridized carbons (Fsp3) is 1.00. The average molecular weight is 210 g/mol. The quantitative estimate of drug-likeness (QED) is 0.752. The molecular weight excluding hydrogens is 184 g/mol. The Labute approximate surface area is 94.4 Å². The van der Waals surface area contributed by atoms with Gasteiger partial charge in [-0.1, -0.05) is 13.3 Å². The van der Waals surface area contributed by atoms with Crippen LogP contribution >= 0.6 is 0 Å². The van der Waals surface area contributed by atoms with Gasteiger partial charge < -0.3 is 5.32 Å². The molecule has 4 unspecified atom stereocenters. The summed E-state index contributed by atoms with van der Waals surface area (Å²) in [6.45, 7) is 9.68. The minimum absolute atomic E-state index is 0.744. The summed E-state index contributed by atoms with van der Waals surface area (Å²) < 4.78 is 0. The Kier molecular flexibility index (Phi) is 3.68. The first-order valence-electron chi connectivity index (χ1n) is 6.67. The van der Waals surface area contributed by atoms with E-state index in [9.17, 15) is 0 Å². The van der Waals surface area contributed by atoms with Crippen LogP contribution < -0.4 is 5.32 Å². The van der Waals surface area contributed by atoms with Crippen LogP contribution in [0.2, 0.25) is 0 Å². The SMILES string of the molecule is CC1CCNC1CN1C(C)CCCC1C. The summed E-state index contributed by atoms with van der Waals surface area (Å²) in [4.78, 5) is 2.73. The van der Waals surface area contributed by atoms with Crippen molar-refractivity contribution in [3.05, 3.63) is 0 Å². The molecule has 0 radical (unpaired) electrons. The molecule has 2 fully saturated rings. The maximum Gasteiger partial charge on any atom is 0.0221 e. The van der Waals surface area contributed by atoms with Crippen LogP contribution in [0.3, 0.4) is 0 Å². The van der Waals surface area contributed by atoms with Crippen molar-refractivity contribution in [1.29, 1.82) is 0 Å². The zero-order valence-corrected chi connectivity index (χ0v) is 10.5. The molecule has 0 saturated carbocycles. The highest BCUT2D eigenvalue weighted by Crippen LogP contribution is 2.25. The standard InChI is InChI=1S/C13H26N2/c1-10-7-8-14-13(10)9-15-11(2)5-4-6-12(15)3/h10-14H,4-9H2,1-3H3. The van der Waals surface area contributed by atoms with Gasteiger partial charge in [-0.3, -0.25) is 4.90 Å². The van der Waals surface area contributed by atoms with Crippen LogP contribution in [-0.4, -0.2) is 36.1 Å². The molecule has 88 valence electrons. The molecule has 2 heterocycles. The third-order valence-corrected chi connectivity index (χ3v) is 4.48. The Morgan fingerprint density at radius 3 is 2.27 bits per heavy atom. The fourth-order valence-corrected chi connectivity index (χ4v) is 3.21. The highest BCUT2D eigenvalue weighted by atomic mass is 15.2. The fourth-order valence-electron chi connectivity index (χ4n) is 3.21. The van der Waals surface area contributed by atoms with Gasteiger partial charge in [-0.15, -0.1) is 0 Å². The number of piperidine rings is 1. The van der Waals surface area contributed by atoms with E-state index in [1.165, 1.54) is 38.8 Å². The largest absolute Gasteiger partial charge is 0.312 e. The number of hydrogen-bond acceptors (Lipinski definition) is 2. The van der Waals surface area contributed by atoms with Gasteiger partial charge in [-0.05, 0) is 45.6 Å². The Morgan fingerprint density at radius 2 is 1.73 bits per heavy atom. The number of hydrogen-bond donors (Lipinski definition) is 1. The van der Waals surface area contributed by atoms with Gasteiger partial charge >= 0.3 is 0 Å². The van der Waals surface area contributed by atoms with Crippen LogP contribution in [0.1, 0.15) is 46.5 Å². The molecule has 0 spiro atoms. The van der Waals surface area contributed by atoms with E-state index in [1.54, 1.807) is 0 Å². The van der Waals surface area contributed by atoms with Gasteiger partial charge in [0, 0.05) is 24.7 Å². The van der Waals surface area contributed by atoms with E-state index in [4.69, 9.17) is 0 Å². The van der Waals surface area contributed by atoms with Crippen molar-refractivity contribution in [3.63, 3.8) is 0 Å². The van der Waals surface area contributed by atoms with Crippen LogP contribution in [0.5, 0.6) is 0 Å². The third kappa shape index (κ3) is 2.54. The van der Waals surface area contributed by atoms with Gasteiger partial charge in [-0.25, -0.2) is 0 Å². The first kappa shape index (κ1) is 11.4. The Morgan fingerprint density at radius 1 is 1.07 bits per heavy atom. The molecule has 0 bridgehead atoms. The van der Waals surface area contributed by atoms with Crippen molar-refractivity contribution in [3.8, 4) is 0 Å². The predicted octanol–water partition coefficient (Wildman–Crippen LogP) is 2.25. The first-order chi connectivity index (χ1) is 7.18. The summed E-state index contributed by atoms with van der Waals surface area (Å²) >= 11 is 0. The predicted molar refractivity (Wildman–Crippen MR) is 65.1 cm³/mol. The van der Waals surface area contributed by atoms with Crippen LogP contribution in [0.25, 0.3) is 0 Å². The van der Waals surface area contributed by atoms with E-state index in [-0.39, 0.29) is 0 Å². The molecule has 2 saturated heterocycles. The van der Waals surface area contributed by atoms with Gasteiger partial charge in [0.1, 0.15) is 0 Å². The van der Waals surface area contributed by atoms with E-state index >= 15 is 0 Å². The lowest BCUT2D eigenvalue weighted by molar-refractivity contribution is 0.0883. The molecule has 1 N–H and O–H groups in total. The number of rotatable bonds is 2. The summed E-state index contributed by atoms with van der Waals surface area (Å²) in [5.74, 6) is 0.867. The molecule has 0 aromatic heterocycles. The zero-order valence-electron chi connectivity index (χ0n) is 10.5. The van der Waals surface area contributed by atoms with Gasteiger partial charge in [0.15, 0.2) is 0 Å². The summed E-state index contributed by atoms with van der Waals surface area (Å²) in [6.07, 6.45) is 5.57. The topological polar surface area (TPSA) is 15.3 Å². The molecule has 0 aromatic rings. The van der Waals surface area contributed by atoms with Crippen LogP contribution in [0.15, 0.2) is 0 Å². The van der Waals surface area contributed by atoms with Crippen molar-refractivity contribution < 1.29 is 0 Å². The first-order valence-corrected chi connectivity index (χ1v) is 6.67. The molecular formula is C13H26N2. The van der Waals surface area contributed by atoms with Crippen LogP contribution in [0.4, 0.5) is 0 Å². The molecule has 4 atom stereocenters. The molecule has 0 amide bonds. The minimum atomic E-state index is 0.744. The minimum Gasteiger partial charge on any atom is -0.312 e. The number of likely N-dealkylation sites (tertiary alicyclic amines) is 1. The molecule has 15 heavy (non-hydrogen) atoms. The number of nitrogens with one attached hydrogen (secondary N) is 1. The van der Waals surface area contributed by atoms with Crippen molar-refractivity contribution in [2.45, 2.75) is 64.6 Å². The van der Waals surface area contributed by atoms with Crippen molar-refractivity contribution in [2.24, 2.45) is 5.92 Å². The number of nitrogens with zero attached hydrogens (tertiary/aromatic N) is 1. The van der Waals surface area contributed by atoms with Crippen molar-refractivity contribution >= 4 is 0 Å². The van der Waals surface area contributed by atoms with Gasteiger partial charge in [-0.2, -0.15) is 0 Å². The summed E-state index contributed by atoms with van der Waals surface area (Å²) in [6, 6.07) is 2.33. The third-order valence-electron chi connectivity index (χ3n) is 4.48. The molecule has 2 aliphatic rings. The van der Waals surface area contributed by atoms with Gasteiger partial charge in [0.05, 0.1) is 0 Å². The zero-order chi connectivity index (χ0) is 10.8. The van der Waals surface area contributed by atoms with Gasteiger partial charge in [0.25, 0.3) is 0 Å². The van der Waals surface area contributed by atoms with E-state index < -0.39 is 0 Å². The summed E-state index contributed by atoms with van der Waals surface area (Å²) in [5.41, 5.74) is 0. The second kappa shape index (κ2) is 4.84. The Balaban J connectivity index is 1.90. The smallest absolute Gasteiger partial charge is 0.0221 e. The molecule has 2 nitrogen and oxygen atoms in total. The Bertz CT molecular complexity index is 195. The maximum atomic E-state index is 3.65. The Hall–Kier alpha value is -0.0800.